The highest BCUT2D eigenvalue weighted by Crippen LogP contribution is 2.61. The Morgan fingerprint density at radius 2 is 1.47 bits per heavy atom. The van der Waals surface area contributed by atoms with Crippen molar-refractivity contribution in [3.63, 3.8) is 0 Å². The molecule has 0 aromatic rings. The second-order valence-electron chi connectivity index (χ2n) is 7.26. The summed E-state index contributed by atoms with van der Waals surface area (Å²) in [6.07, 6.45) is 6.14. The van der Waals surface area contributed by atoms with Crippen LogP contribution in [0.2, 0.25) is 0 Å². The molecule has 0 N–H and O–H groups in total. The molecule has 0 aromatic carbocycles. The molecular formula is C16H24O3. The van der Waals surface area contributed by atoms with Crippen LogP contribution in [-0.4, -0.2) is 17.4 Å². The summed E-state index contributed by atoms with van der Waals surface area (Å²) >= 11 is 0. The van der Waals surface area contributed by atoms with Crippen LogP contribution in [0.4, 0.5) is 0 Å². The van der Waals surface area contributed by atoms with Crippen LogP contribution in [-0.2, 0) is 14.3 Å². The summed E-state index contributed by atoms with van der Waals surface area (Å²) in [5.41, 5.74) is -0.365. The molecule has 3 nitrogen and oxygen atoms in total. The van der Waals surface area contributed by atoms with E-state index in [1.807, 2.05) is 0 Å². The molecule has 4 aliphatic rings. The molecule has 4 fully saturated rings. The molecule has 0 heterocycles. The number of ketones is 1. The summed E-state index contributed by atoms with van der Waals surface area (Å²) < 4.78 is 5.85. The fraction of sp³-hybridized carbons (Fsp3) is 0.875. The number of esters is 1. The first-order valence-corrected chi connectivity index (χ1v) is 7.67. The molecule has 19 heavy (non-hydrogen) atoms. The second kappa shape index (κ2) is 4.32. The summed E-state index contributed by atoms with van der Waals surface area (Å²) in [5.74, 6) is 1.84. The van der Waals surface area contributed by atoms with Crippen molar-refractivity contribution in [1.29, 1.82) is 0 Å². The van der Waals surface area contributed by atoms with Gasteiger partial charge in [-0.15, -0.1) is 0 Å². The van der Waals surface area contributed by atoms with Gasteiger partial charge in [0.15, 0.2) is 0 Å². The normalized spacial score (nSPS) is 43.6. The molecule has 0 unspecified atom stereocenters. The van der Waals surface area contributed by atoms with E-state index >= 15 is 0 Å². The monoisotopic (exact) mass is 264 g/mol. The van der Waals surface area contributed by atoms with Crippen LogP contribution in [0, 0.1) is 29.6 Å². The van der Waals surface area contributed by atoms with Crippen LogP contribution >= 0.6 is 0 Å². The zero-order valence-electron chi connectivity index (χ0n) is 12.1. The van der Waals surface area contributed by atoms with E-state index in [0.29, 0.717) is 17.8 Å². The Morgan fingerprint density at radius 1 is 1.00 bits per heavy atom. The quantitative estimate of drug-likeness (QED) is 0.581. The lowest BCUT2D eigenvalue weighted by Gasteiger charge is -2.61. The van der Waals surface area contributed by atoms with Crippen LogP contribution in [0.5, 0.6) is 0 Å². The standard InChI is InChI=1S/C16H24O3/c1-9(2)16(19-15(18)10(3)17)13-5-11-4-12(7-13)8-14(16)6-11/h9,11-14H,4-8H2,1-3H3. The van der Waals surface area contributed by atoms with E-state index in [4.69, 9.17) is 4.74 Å². The van der Waals surface area contributed by atoms with Gasteiger partial charge in [0.2, 0.25) is 5.78 Å². The molecule has 4 rings (SSSR count). The molecule has 0 aromatic heterocycles. The van der Waals surface area contributed by atoms with E-state index in [1.54, 1.807) is 0 Å². The molecule has 0 aliphatic heterocycles. The summed E-state index contributed by atoms with van der Waals surface area (Å²) in [6.45, 7) is 5.61. The Labute approximate surface area is 115 Å². The second-order valence-corrected chi connectivity index (χ2v) is 7.26. The predicted octanol–water partition coefficient (Wildman–Crippen LogP) is 2.97. The van der Waals surface area contributed by atoms with E-state index in [1.165, 1.54) is 39.0 Å². The van der Waals surface area contributed by atoms with Gasteiger partial charge in [-0.05, 0) is 61.7 Å². The Kier molecular flexibility index (Phi) is 2.99. The van der Waals surface area contributed by atoms with Crippen LogP contribution in [0.25, 0.3) is 0 Å². The summed E-state index contributed by atoms with van der Waals surface area (Å²) in [5, 5.41) is 0. The fourth-order valence-electron chi connectivity index (χ4n) is 5.38. The van der Waals surface area contributed by atoms with Crippen LogP contribution < -0.4 is 0 Å². The number of hydrogen-bond acceptors (Lipinski definition) is 3. The van der Waals surface area contributed by atoms with E-state index in [2.05, 4.69) is 13.8 Å². The third kappa shape index (κ3) is 1.85. The highest BCUT2D eigenvalue weighted by Gasteiger charge is 2.60. The first kappa shape index (κ1) is 13.1. The van der Waals surface area contributed by atoms with Gasteiger partial charge in [0.1, 0.15) is 5.60 Å². The van der Waals surface area contributed by atoms with E-state index in [0.717, 1.165) is 11.8 Å². The van der Waals surface area contributed by atoms with Crippen LogP contribution in [0.1, 0.15) is 52.9 Å². The minimum absolute atomic E-state index is 0.297. The molecule has 0 amide bonds. The topological polar surface area (TPSA) is 43.4 Å². The Morgan fingerprint density at radius 3 is 1.84 bits per heavy atom. The third-order valence-electron chi connectivity index (χ3n) is 5.87. The zero-order valence-corrected chi connectivity index (χ0v) is 12.1. The van der Waals surface area contributed by atoms with Gasteiger partial charge in [-0.2, -0.15) is 0 Å². The van der Waals surface area contributed by atoms with Crippen molar-refractivity contribution in [1.82, 2.24) is 0 Å². The molecular weight excluding hydrogens is 240 g/mol. The average Bonchev–Trinajstić information content (AvgIpc) is 2.32. The molecule has 0 atom stereocenters. The molecule has 4 bridgehead atoms. The average molecular weight is 264 g/mol. The Bertz CT molecular complexity index is 382. The van der Waals surface area contributed by atoms with Gasteiger partial charge in [0.05, 0.1) is 0 Å². The number of ether oxygens (including phenoxy) is 1. The Hall–Kier alpha value is -0.860. The maximum absolute atomic E-state index is 11.9. The van der Waals surface area contributed by atoms with Crippen LogP contribution in [0.3, 0.4) is 0 Å². The molecule has 0 radical (unpaired) electrons. The third-order valence-corrected chi connectivity index (χ3v) is 5.87. The SMILES string of the molecule is CC(=O)C(=O)OC1(C(C)C)C2CC3CC(C2)CC1C3. The lowest BCUT2D eigenvalue weighted by atomic mass is 9.47. The minimum Gasteiger partial charge on any atom is -0.452 e. The van der Waals surface area contributed by atoms with Gasteiger partial charge < -0.3 is 4.74 Å². The molecule has 4 saturated carbocycles. The van der Waals surface area contributed by atoms with Crippen molar-refractivity contribution < 1.29 is 14.3 Å². The highest BCUT2D eigenvalue weighted by atomic mass is 16.6. The first-order valence-electron chi connectivity index (χ1n) is 7.67. The smallest absolute Gasteiger partial charge is 0.374 e. The van der Waals surface area contributed by atoms with Crippen molar-refractivity contribution >= 4 is 11.8 Å². The lowest BCUT2D eigenvalue weighted by molar-refractivity contribution is -0.223. The first-order chi connectivity index (χ1) is 8.93. The highest BCUT2D eigenvalue weighted by molar-refractivity contribution is 6.32. The van der Waals surface area contributed by atoms with Gasteiger partial charge in [-0.1, -0.05) is 13.8 Å². The molecule has 0 spiro atoms. The molecule has 3 heteroatoms. The van der Waals surface area contributed by atoms with Gasteiger partial charge in [-0.25, -0.2) is 4.79 Å². The number of carbonyl (C=O) groups is 2. The van der Waals surface area contributed by atoms with Gasteiger partial charge in [0, 0.05) is 6.92 Å². The predicted molar refractivity (Wildman–Crippen MR) is 71.4 cm³/mol. The van der Waals surface area contributed by atoms with E-state index in [9.17, 15) is 9.59 Å². The zero-order chi connectivity index (χ0) is 13.8. The molecule has 106 valence electrons. The van der Waals surface area contributed by atoms with Gasteiger partial charge >= 0.3 is 5.97 Å². The van der Waals surface area contributed by atoms with E-state index in [-0.39, 0.29) is 5.60 Å². The minimum atomic E-state index is -0.624. The number of Topliss-reactive ketones (excluding diaryl/α,β-unsaturated/α-hetero) is 1. The van der Waals surface area contributed by atoms with Crippen molar-refractivity contribution in [3.8, 4) is 0 Å². The fourth-order valence-corrected chi connectivity index (χ4v) is 5.38. The lowest BCUT2D eigenvalue weighted by Crippen LogP contribution is -2.62. The maximum atomic E-state index is 11.9. The summed E-state index contributed by atoms with van der Waals surface area (Å²) in [7, 11) is 0. The summed E-state index contributed by atoms with van der Waals surface area (Å²) in [6, 6.07) is 0. The van der Waals surface area contributed by atoms with Crippen molar-refractivity contribution in [2.24, 2.45) is 29.6 Å². The molecule has 0 saturated heterocycles. The number of carbonyl (C=O) groups excluding carboxylic acids is 2. The molecule has 4 aliphatic carbocycles. The Balaban J connectivity index is 1.92. The van der Waals surface area contributed by atoms with Crippen molar-refractivity contribution in [2.75, 3.05) is 0 Å². The number of hydrogen-bond donors (Lipinski definition) is 0. The van der Waals surface area contributed by atoms with Gasteiger partial charge in [0.25, 0.3) is 0 Å². The largest absolute Gasteiger partial charge is 0.452 e. The van der Waals surface area contributed by atoms with E-state index < -0.39 is 11.8 Å². The van der Waals surface area contributed by atoms with Crippen molar-refractivity contribution in [2.45, 2.75) is 58.5 Å². The maximum Gasteiger partial charge on any atom is 0.374 e. The number of rotatable bonds is 3. The van der Waals surface area contributed by atoms with Crippen molar-refractivity contribution in [3.05, 3.63) is 0 Å². The van der Waals surface area contributed by atoms with Gasteiger partial charge in [-0.3, -0.25) is 4.79 Å². The van der Waals surface area contributed by atoms with Crippen LogP contribution in [0.15, 0.2) is 0 Å². The summed E-state index contributed by atoms with van der Waals surface area (Å²) in [4.78, 5) is 23.2.